The van der Waals surface area contributed by atoms with E-state index in [1.165, 1.54) is 0 Å². The molecule has 0 saturated carbocycles. The van der Waals surface area contributed by atoms with Crippen molar-refractivity contribution in [2.24, 2.45) is 0 Å². The maximum absolute atomic E-state index is 13.0. The van der Waals surface area contributed by atoms with Crippen molar-refractivity contribution in [1.29, 1.82) is 0 Å². The monoisotopic (exact) mass is 423 g/mol. The minimum atomic E-state index is -0.674. The van der Waals surface area contributed by atoms with Gasteiger partial charge in [0.15, 0.2) is 0 Å². The molecule has 1 aliphatic heterocycles. The summed E-state index contributed by atoms with van der Waals surface area (Å²) in [5, 5.41) is 11.1. The average molecular weight is 424 g/mol. The first-order chi connectivity index (χ1) is 14.9. The molecule has 31 heavy (non-hydrogen) atoms. The Hall–Kier alpha value is -3.19. The lowest BCUT2D eigenvalue weighted by Crippen LogP contribution is -2.38. The Morgan fingerprint density at radius 1 is 1.16 bits per heavy atom. The number of likely N-dealkylation sites (N-methyl/N-ethyl adjacent to an activating group) is 1. The van der Waals surface area contributed by atoms with E-state index in [2.05, 4.69) is 23.7 Å². The lowest BCUT2D eigenvalue weighted by Gasteiger charge is -2.28. The van der Waals surface area contributed by atoms with E-state index in [4.69, 9.17) is 4.74 Å². The predicted octanol–water partition coefficient (Wildman–Crippen LogP) is 3.16. The van der Waals surface area contributed by atoms with Gasteiger partial charge in [0.2, 0.25) is 0 Å². The van der Waals surface area contributed by atoms with Gasteiger partial charge in [0.1, 0.15) is 11.5 Å². The van der Waals surface area contributed by atoms with E-state index < -0.39 is 17.7 Å². The number of aliphatic hydroxyl groups is 1. The van der Waals surface area contributed by atoms with E-state index >= 15 is 0 Å². The molecule has 1 N–H and O–H groups in total. The normalized spacial score (nSPS) is 18.1. The van der Waals surface area contributed by atoms with E-state index in [0.717, 1.165) is 24.2 Å². The summed E-state index contributed by atoms with van der Waals surface area (Å²) >= 11 is 0. The van der Waals surface area contributed by atoms with E-state index in [0.29, 0.717) is 24.4 Å². The first-order valence-corrected chi connectivity index (χ1v) is 10.5. The fraction of sp³-hybridized carbons (Fsp3) is 0.375. The number of amides is 1. The fourth-order valence-corrected chi connectivity index (χ4v) is 3.97. The van der Waals surface area contributed by atoms with Gasteiger partial charge >= 0.3 is 0 Å². The van der Waals surface area contributed by atoms with E-state index in [1.807, 2.05) is 6.92 Å². The van der Waals surface area contributed by atoms with Crippen LogP contribution in [0.3, 0.4) is 0 Å². The minimum Gasteiger partial charge on any atom is -0.507 e. The summed E-state index contributed by atoms with van der Waals surface area (Å²) in [4.78, 5) is 33.8. The van der Waals surface area contributed by atoms with Crippen molar-refractivity contribution in [2.45, 2.75) is 26.8 Å². The number of pyridine rings is 1. The SMILES string of the molecule is CCN(CC)CCN1C(=O)C(=O)C(=C(O)c2ccc(OC)c(C)c2)[C@@H]1c1ccncc1. The molecule has 2 aromatic rings. The molecule has 164 valence electrons. The van der Waals surface area contributed by atoms with Gasteiger partial charge in [-0.3, -0.25) is 14.6 Å². The van der Waals surface area contributed by atoms with Crippen molar-refractivity contribution in [3.05, 3.63) is 65.0 Å². The topological polar surface area (TPSA) is 83.0 Å². The largest absolute Gasteiger partial charge is 0.507 e. The number of Topliss-reactive ketones (excluding diaryl/α,β-unsaturated/α-hetero) is 1. The molecular formula is C24H29N3O4. The number of carbonyl (C=O) groups excluding carboxylic acids is 2. The summed E-state index contributed by atoms with van der Waals surface area (Å²) in [6, 6.07) is 8.05. The molecule has 7 nitrogen and oxygen atoms in total. The molecule has 1 fully saturated rings. The van der Waals surface area contributed by atoms with Crippen molar-refractivity contribution in [3.63, 3.8) is 0 Å². The number of aromatic nitrogens is 1. The summed E-state index contributed by atoms with van der Waals surface area (Å²) in [7, 11) is 1.58. The smallest absolute Gasteiger partial charge is 0.295 e. The molecule has 1 atom stereocenters. The van der Waals surface area contributed by atoms with E-state index in [1.54, 1.807) is 54.7 Å². The molecule has 1 aliphatic rings. The Morgan fingerprint density at radius 3 is 2.42 bits per heavy atom. The van der Waals surface area contributed by atoms with Crippen LogP contribution in [0.2, 0.25) is 0 Å². The van der Waals surface area contributed by atoms with Gasteiger partial charge in [0.05, 0.1) is 18.7 Å². The fourth-order valence-electron chi connectivity index (χ4n) is 3.97. The van der Waals surface area contributed by atoms with Crippen molar-refractivity contribution in [1.82, 2.24) is 14.8 Å². The number of carbonyl (C=O) groups is 2. The Labute approximate surface area is 183 Å². The van der Waals surface area contributed by atoms with Gasteiger partial charge in [-0.1, -0.05) is 13.8 Å². The predicted molar refractivity (Wildman–Crippen MR) is 119 cm³/mol. The van der Waals surface area contributed by atoms with Crippen LogP contribution in [0.1, 0.15) is 36.6 Å². The van der Waals surface area contributed by atoms with Crippen molar-refractivity contribution in [2.75, 3.05) is 33.3 Å². The third-order valence-electron chi connectivity index (χ3n) is 5.78. The Bertz CT molecular complexity index is 984. The maximum Gasteiger partial charge on any atom is 0.295 e. The van der Waals surface area contributed by atoms with Gasteiger partial charge in [-0.05, 0) is 61.5 Å². The third kappa shape index (κ3) is 4.46. The molecule has 7 heteroatoms. The number of ketones is 1. The zero-order chi connectivity index (χ0) is 22.5. The summed E-state index contributed by atoms with van der Waals surface area (Å²) in [6.45, 7) is 8.71. The number of benzene rings is 1. The van der Waals surface area contributed by atoms with Crippen molar-refractivity contribution < 1.29 is 19.4 Å². The number of hydrogen-bond donors (Lipinski definition) is 1. The summed E-state index contributed by atoms with van der Waals surface area (Å²) in [6.07, 6.45) is 3.24. The molecule has 0 unspecified atom stereocenters. The van der Waals surface area contributed by atoms with E-state index in [9.17, 15) is 14.7 Å². The molecule has 1 aromatic carbocycles. The summed E-state index contributed by atoms with van der Waals surface area (Å²) in [5.41, 5.74) is 2.13. The lowest BCUT2D eigenvalue weighted by atomic mass is 9.95. The quantitative estimate of drug-likeness (QED) is 0.399. The second-order valence-corrected chi connectivity index (χ2v) is 7.48. The first-order valence-electron chi connectivity index (χ1n) is 10.5. The second-order valence-electron chi connectivity index (χ2n) is 7.48. The van der Waals surface area contributed by atoms with Gasteiger partial charge in [-0.2, -0.15) is 0 Å². The number of rotatable bonds is 8. The molecule has 0 radical (unpaired) electrons. The number of aliphatic hydroxyl groups excluding tert-OH is 1. The molecule has 1 aromatic heterocycles. The molecule has 0 bridgehead atoms. The van der Waals surface area contributed by atoms with Gasteiger partial charge in [-0.15, -0.1) is 0 Å². The zero-order valence-electron chi connectivity index (χ0n) is 18.5. The van der Waals surface area contributed by atoms with Gasteiger partial charge in [-0.25, -0.2) is 0 Å². The van der Waals surface area contributed by atoms with Crippen LogP contribution >= 0.6 is 0 Å². The van der Waals surface area contributed by atoms with Crippen LogP contribution in [0.15, 0.2) is 48.3 Å². The zero-order valence-corrected chi connectivity index (χ0v) is 18.5. The van der Waals surface area contributed by atoms with Crippen LogP contribution in [0, 0.1) is 6.92 Å². The summed E-state index contributed by atoms with van der Waals surface area (Å²) < 4.78 is 5.29. The van der Waals surface area contributed by atoms with Crippen LogP contribution in [0.25, 0.3) is 5.76 Å². The Kier molecular flexibility index (Phi) is 7.07. The van der Waals surface area contributed by atoms with Crippen LogP contribution in [-0.4, -0.2) is 64.9 Å². The van der Waals surface area contributed by atoms with Crippen molar-refractivity contribution in [3.8, 4) is 5.75 Å². The van der Waals surface area contributed by atoms with Crippen LogP contribution in [0.4, 0.5) is 0 Å². The highest BCUT2D eigenvalue weighted by Gasteiger charge is 2.45. The minimum absolute atomic E-state index is 0.0975. The first kappa shape index (κ1) is 22.5. The molecule has 0 spiro atoms. The number of hydrogen-bond acceptors (Lipinski definition) is 6. The highest BCUT2D eigenvalue weighted by molar-refractivity contribution is 6.46. The Balaban J connectivity index is 2.08. The summed E-state index contributed by atoms with van der Waals surface area (Å²) in [5.74, 6) is -0.772. The standard InChI is InChI=1S/C24H29N3O4/c1-5-26(6-2)13-14-27-21(17-9-11-25-12-10-17)20(23(29)24(27)30)22(28)18-7-8-19(31-4)16(3)15-18/h7-12,15,21,28H,5-6,13-14H2,1-4H3/t21-/m0/s1. The Morgan fingerprint density at radius 2 is 1.84 bits per heavy atom. The average Bonchev–Trinajstić information content (AvgIpc) is 3.04. The lowest BCUT2D eigenvalue weighted by molar-refractivity contribution is -0.140. The molecule has 0 aliphatic carbocycles. The van der Waals surface area contributed by atoms with Gasteiger partial charge in [0.25, 0.3) is 11.7 Å². The molecule has 2 heterocycles. The molecular weight excluding hydrogens is 394 g/mol. The molecule has 3 rings (SSSR count). The van der Waals surface area contributed by atoms with Gasteiger partial charge in [0, 0.05) is 31.0 Å². The number of aryl methyl sites for hydroxylation is 1. The van der Waals surface area contributed by atoms with Crippen molar-refractivity contribution >= 4 is 17.4 Å². The van der Waals surface area contributed by atoms with Gasteiger partial charge < -0.3 is 19.6 Å². The number of nitrogens with zero attached hydrogens (tertiary/aromatic N) is 3. The molecule has 1 amide bonds. The number of likely N-dealkylation sites (tertiary alicyclic amines) is 1. The highest BCUT2D eigenvalue weighted by Crippen LogP contribution is 2.39. The third-order valence-corrected chi connectivity index (χ3v) is 5.78. The number of ether oxygens (including phenoxy) is 1. The van der Waals surface area contributed by atoms with Crippen LogP contribution in [0.5, 0.6) is 5.75 Å². The molecule has 1 saturated heterocycles. The van der Waals surface area contributed by atoms with E-state index in [-0.39, 0.29) is 11.3 Å². The second kappa shape index (κ2) is 9.75. The number of methoxy groups -OCH3 is 1. The van der Waals surface area contributed by atoms with Crippen LogP contribution in [-0.2, 0) is 9.59 Å². The maximum atomic E-state index is 13.0. The van der Waals surface area contributed by atoms with Crippen LogP contribution < -0.4 is 4.74 Å². The highest BCUT2D eigenvalue weighted by atomic mass is 16.5.